The van der Waals surface area contributed by atoms with E-state index < -0.39 is 0 Å². The molecule has 0 aromatic heterocycles. The molecule has 0 heterocycles. The molecule has 0 bridgehead atoms. The summed E-state index contributed by atoms with van der Waals surface area (Å²) in [5.41, 5.74) is 5.07. The van der Waals surface area contributed by atoms with Gasteiger partial charge in [0.05, 0.1) is 0 Å². The zero-order valence-electron chi connectivity index (χ0n) is 6.35. The van der Waals surface area contributed by atoms with Crippen LogP contribution in [0.15, 0.2) is 0 Å². The molecule has 9 heavy (non-hydrogen) atoms. The summed E-state index contributed by atoms with van der Waals surface area (Å²) in [6.07, 6.45) is 1.02. The van der Waals surface area contributed by atoms with Crippen LogP contribution in [0, 0.1) is 11.8 Å². The summed E-state index contributed by atoms with van der Waals surface area (Å²) in [5, 5.41) is 0. The fourth-order valence-corrected chi connectivity index (χ4v) is 0.634. The van der Waals surface area contributed by atoms with Gasteiger partial charge in [-0.2, -0.15) is 0 Å². The molecule has 0 spiro atoms. The molecule has 0 aromatic rings. The maximum atomic E-state index is 10.5. The first-order valence-electron chi connectivity index (χ1n) is 3.38. The topological polar surface area (TPSA) is 43.1 Å². The summed E-state index contributed by atoms with van der Waals surface area (Å²) in [7, 11) is 0. The molecule has 2 N–H and O–H groups in total. The number of carbonyl (C=O) groups is 1. The third-order valence-corrected chi connectivity index (χ3v) is 1.95. The molecular weight excluding hydrogens is 114 g/mol. The molecular formula is C7H15NO. The molecule has 54 valence electrons. The van der Waals surface area contributed by atoms with E-state index >= 15 is 0 Å². The minimum atomic E-state index is -0.190. The maximum absolute atomic E-state index is 10.5. The summed E-state index contributed by atoms with van der Waals surface area (Å²) in [6.45, 7) is 5.97. The Bertz CT molecular complexity index is 101. The lowest BCUT2D eigenvalue weighted by molar-refractivity contribution is -0.122. The van der Waals surface area contributed by atoms with Gasteiger partial charge in [0.2, 0.25) is 5.91 Å². The second kappa shape index (κ2) is 3.49. The smallest absolute Gasteiger partial charge is 0.220 e. The Morgan fingerprint density at radius 3 is 2.11 bits per heavy atom. The van der Waals surface area contributed by atoms with Crippen LogP contribution in [0.3, 0.4) is 0 Å². The van der Waals surface area contributed by atoms with Gasteiger partial charge in [-0.05, 0) is 5.92 Å². The van der Waals surface area contributed by atoms with Crippen molar-refractivity contribution in [3.8, 4) is 0 Å². The molecule has 0 aliphatic rings. The average molecular weight is 129 g/mol. The van der Waals surface area contributed by atoms with Crippen LogP contribution in [0.5, 0.6) is 0 Å². The normalized spacial score (nSPS) is 16.8. The van der Waals surface area contributed by atoms with E-state index in [4.69, 9.17) is 5.73 Å². The van der Waals surface area contributed by atoms with Crippen LogP contribution in [0.4, 0.5) is 0 Å². The predicted molar refractivity (Wildman–Crippen MR) is 37.8 cm³/mol. The van der Waals surface area contributed by atoms with Gasteiger partial charge in [-0.15, -0.1) is 0 Å². The van der Waals surface area contributed by atoms with Crippen LogP contribution >= 0.6 is 0 Å². The van der Waals surface area contributed by atoms with Gasteiger partial charge in [0.1, 0.15) is 0 Å². The molecule has 0 fully saturated rings. The minimum Gasteiger partial charge on any atom is -0.369 e. The van der Waals surface area contributed by atoms with Crippen LogP contribution in [0.2, 0.25) is 0 Å². The number of rotatable bonds is 3. The lowest BCUT2D eigenvalue weighted by atomic mass is 9.93. The molecule has 0 radical (unpaired) electrons. The fraction of sp³-hybridized carbons (Fsp3) is 0.857. The largest absolute Gasteiger partial charge is 0.369 e. The van der Waals surface area contributed by atoms with Crippen molar-refractivity contribution >= 4 is 5.91 Å². The number of hydrogen-bond acceptors (Lipinski definition) is 1. The number of carbonyl (C=O) groups excluding carboxylic acids is 1. The van der Waals surface area contributed by atoms with Crippen LogP contribution in [-0.4, -0.2) is 5.91 Å². The standard InChI is InChI=1S/C7H15NO/c1-4-5(2)6(3)7(8)9/h5-6H,4H2,1-3H3,(H2,8,9)/t5-,6+/m1/s1. The van der Waals surface area contributed by atoms with Crippen LogP contribution in [0.1, 0.15) is 27.2 Å². The van der Waals surface area contributed by atoms with Crippen molar-refractivity contribution in [2.24, 2.45) is 17.6 Å². The van der Waals surface area contributed by atoms with E-state index in [0.717, 1.165) is 6.42 Å². The Hall–Kier alpha value is -0.530. The first kappa shape index (κ1) is 8.47. The summed E-state index contributed by atoms with van der Waals surface area (Å²) in [4.78, 5) is 10.5. The molecule has 0 saturated carbocycles. The van der Waals surface area contributed by atoms with E-state index in [1.54, 1.807) is 0 Å². The second-order valence-corrected chi connectivity index (χ2v) is 2.58. The van der Waals surface area contributed by atoms with E-state index in [1.807, 2.05) is 13.8 Å². The zero-order chi connectivity index (χ0) is 7.44. The van der Waals surface area contributed by atoms with Gasteiger partial charge in [0, 0.05) is 5.92 Å². The van der Waals surface area contributed by atoms with E-state index in [0.29, 0.717) is 5.92 Å². The second-order valence-electron chi connectivity index (χ2n) is 2.58. The summed E-state index contributed by atoms with van der Waals surface area (Å²) < 4.78 is 0. The first-order valence-corrected chi connectivity index (χ1v) is 3.38. The minimum absolute atomic E-state index is 0.0231. The molecule has 2 atom stereocenters. The molecule has 2 nitrogen and oxygen atoms in total. The lowest BCUT2D eigenvalue weighted by Crippen LogP contribution is -2.25. The molecule has 0 unspecified atom stereocenters. The van der Waals surface area contributed by atoms with Gasteiger partial charge < -0.3 is 5.73 Å². The highest BCUT2D eigenvalue weighted by atomic mass is 16.1. The van der Waals surface area contributed by atoms with E-state index in [-0.39, 0.29) is 11.8 Å². The van der Waals surface area contributed by atoms with Gasteiger partial charge in [-0.1, -0.05) is 27.2 Å². The van der Waals surface area contributed by atoms with Crippen molar-refractivity contribution in [2.45, 2.75) is 27.2 Å². The highest BCUT2D eigenvalue weighted by Gasteiger charge is 2.14. The van der Waals surface area contributed by atoms with Crippen molar-refractivity contribution in [2.75, 3.05) is 0 Å². The third kappa shape index (κ3) is 2.49. The molecule has 0 aliphatic carbocycles. The molecule has 0 aromatic carbocycles. The molecule has 0 saturated heterocycles. The molecule has 1 amide bonds. The Morgan fingerprint density at radius 2 is 2.00 bits per heavy atom. The van der Waals surface area contributed by atoms with Crippen molar-refractivity contribution in [3.05, 3.63) is 0 Å². The van der Waals surface area contributed by atoms with Crippen molar-refractivity contribution in [1.29, 1.82) is 0 Å². The van der Waals surface area contributed by atoms with Gasteiger partial charge in [-0.3, -0.25) is 4.79 Å². The van der Waals surface area contributed by atoms with Crippen molar-refractivity contribution in [1.82, 2.24) is 0 Å². The van der Waals surface area contributed by atoms with E-state index in [1.165, 1.54) is 0 Å². The number of nitrogens with two attached hydrogens (primary N) is 1. The van der Waals surface area contributed by atoms with E-state index in [2.05, 4.69) is 6.92 Å². The third-order valence-electron chi connectivity index (χ3n) is 1.95. The zero-order valence-corrected chi connectivity index (χ0v) is 6.35. The molecule has 0 aliphatic heterocycles. The molecule has 2 heteroatoms. The first-order chi connectivity index (χ1) is 4.09. The Labute approximate surface area is 56.4 Å². The monoisotopic (exact) mass is 129 g/mol. The highest BCUT2D eigenvalue weighted by Crippen LogP contribution is 2.12. The van der Waals surface area contributed by atoms with Crippen LogP contribution in [0.25, 0.3) is 0 Å². The average Bonchev–Trinajstić information content (AvgIpc) is 1.84. The summed E-state index contributed by atoms with van der Waals surface area (Å²) in [6, 6.07) is 0. The number of amides is 1. The van der Waals surface area contributed by atoms with E-state index in [9.17, 15) is 4.79 Å². The highest BCUT2D eigenvalue weighted by molar-refractivity contribution is 5.76. The van der Waals surface area contributed by atoms with Gasteiger partial charge in [0.25, 0.3) is 0 Å². The number of primary amides is 1. The maximum Gasteiger partial charge on any atom is 0.220 e. The van der Waals surface area contributed by atoms with Crippen LogP contribution in [-0.2, 0) is 4.79 Å². The SMILES string of the molecule is CC[C@@H](C)[C@H](C)C(N)=O. The Balaban J connectivity index is 3.72. The Morgan fingerprint density at radius 1 is 1.56 bits per heavy atom. The number of hydrogen-bond donors (Lipinski definition) is 1. The van der Waals surface area contributed by atoms with Gasteiger partial charge >= 0.3 is 0 Å². The van der Waals surface area contributed by atoms with Crippen molar-refractivity contribution < 1.29 is 4.79 Å². The van der Waals surface area contributed by atoms with Crippen molar-refractivity contribution in [3.63, 3.8) is 0 Å². The van der Waals surface area contributed by atoms with Crippen LogP contribution < -0.4 is 5.73 Å². The molecule has 0 rings (SSSR count). The quantitative estimate of drug-likeness (QED) is 0.610. The summed E-state index contributed by atoms with van der Waals surface area (Å²) >= 11 is 0. The van der Waals surface area contributed by atoms with Gasteiger partial charge in [0.15, 0.2) is 0 Å². The lowest BCUT2D eigenvalue weighted by Gasteiger charge is -2.13. The Kier molecular flexibility index (Phi) is 3.28. The fourth-order valence-electron chi connectivity index (χ4n) is 0.634. The van der Waals surface area contributed by atoms with Gasteiger partial charge in [-0.25, -0.2) is 0 Å². The predicted octanol–water partition coefficient (Wildman–Crippen LogP) is 1.15. The summed E-state index contributed by atoms with van der Waals surface area (Å²) in [5.74, 6) is 0.252.